The molecule has 0 fully saturated rings. The molecule has 2 aromatic rings. The average molecular weight is 427 g/mol. The minimum Gasteiger partial charge on any atom is -0.259 e. The van der Waals surface area contributed by atoms with Gasteiger partial charge in [-0.15, -0.1) is 5.11 Å². The molecule has 2 rings (SSSR count). The second-order valence-electron chi connectivity index (χ2n) is 3.78. The van der Waals surface area contributed by atoms with Crippen molar-refractivity contribution in [1.82, 2.24) is 0 Å². The molecule has 1 N–H and O–H groups in total. The molecular weight excluding hydrogens is 422 g/mol. The first-order valence-corrected chi connectivity index (χ1v) is 6.93. The first-order chi connectivity index (χ1) is 9.88. The molecule has 0 bridgehead atoms. The average Bonchev–Trinajstić information content (AvgIpc) is 2.41. The number of hydrogen-bond acceptors (Lipinski definition) is 2. The van der Waals surface area contributed by atoms with Crippen LogP contribution in [0.2, 0.25) is 0 Å². The summed E-state index contributed by atoms with van der Waals surface area (Å²) in [5, 5.41) is 7.13. The Hall–Kier alpha value is -1.48. The second-order valence-corrected chi connectivity index (χ2v) is 5.48. The van der Waals surface area contributed by atoms with Gasteiger partial charge in [-0.25, -0.2) is 17.6 Å². The molecule has 0 aliphatic rings. The molecule has 0 aliphatic carbocycles. The summed E-state index contributed by atoms with van der Waals surface area (Å²) in [6.45, 7) is 0. The number of nitrogens with zero attached hydrogens (tertiary/aromatic N) is 2. The topological polar surface area (TPSA) is 36.8 Å². The summed E-state index contributed by atoms with van der Waals surface area (Å²) in [7, 11) is 0. The van der Waals surface area contributed by atoms with Crippen LogP contribution in [0.5, 0.6) is 0 Å². The normalized spacial score (nSPS) is 11.1. The van der Waals surface area contributed by atoms with Gasteiger partial charge in [0.25, 0.3) is 0 Å². The minimum atomic E-state index is -1.08. The molecule has 2 aromatic carbocycles. The van der Waals surface area contributed by atoms with Crippen LogP contribution < -0.4 is 5.43 Å². The van der Waals surface area contributed by atoms with E-state index in [0.29, 0.717) is 0 Å². The summed E-state index contributed by atoms with van der Waals surface area (Å²) in [6, 6.07) is 3.53. The van der Waals surface area contributed by atoms with Gasteiger partial charge < -0.3 is 0 Å². The van der Waals surface area contributed by atoms with Gasteiger partial charge in [-0.3, -0.25) is 5.43 Å². The van der Waals surface area contributed by atoms with Crippen LogP contribution >= 0.6 is 31.9 Å². The number of hydrogen-bond donors (Lipinski definition) is 1. The van der Waals surface area contributed by atoms with Gasteiger partial charge in [-0.1, -0.05) is 5.22 Å². The molecule has 0 heterocycles. The van der Waals surface area contributed by atoms with Gasteiger partial charge in [0.05, 0.1) is 5.69 Å². The molecule has 9 heteroatoms. The lowest BCUT2D eigenvalue weighted by Gasteiger charge is -2.04. The SMILES string of the molecule is Fc1cc(Br)c(N=NNc2cc(F)c(F)cc2Br)cc1F. The first-order valence-electron chi connectivity index (χ1n) is 5.34. The van der Waals surface area contributed by atoms with Gasteiger partial charge >= 0.3 is 0 Å². The van der Waals surface area contributed by atoms with Gasteiger partial charge in [-0.2, -0.15) is 0 Å². The van der Waals surface area contributed by atoms with Crippen molar-refractivity contribution in [3.63, 3.8) is 0 Å². The van der Waals surface area contributed by atoms with Crippen molar-refractivity contribution in [2.45, 2.75) is 0 Å². The molecule has 0 aliphatic heterocycles. The summed E-state index contributed by atoms with van der Waals surface area (Å²) >= 11 is 6.01. The van der Waals surface area contributed by atoms with E-state index in [0.717, 1.165) is 24.3 Å². The molecule has 21 heavy (non-hydrogen) atoms. The highest BCUT2D eigenvalue weighted by Gasteiger charge is 2.09. The Bertz CT molecular complexity index is 722. The maximum Gasteiger partial charge on any atom is 0.161 e. The molecule has 0 amide bonds. The predicted molar refractivity (Wildman–Crippen MR) is 76.3 cm³/mol. The fourth-order valence-corrected chi connectivity index (χ4v) is 2.13. The number of anilines is 1. The van der Waals surface area contributed by atoms with Gasteiger partial charge in [0.1, 0.15) is 5.69 Å². The van der Waals surface area contributed by atoms with E-state index in [4.69, 9.17) is 0 Å². The lowest BCUT2D eigenvalue weighted by atomic mass is 10.3. The molecule has 0 unspecified atom stereocenters. The smallest absolute Gasteiger partial charge is 0.161 e. The summed E-state index contributed by atoms with van der Waals surface area (Å²) in [5.41, 5.74) is 2.51. The predicted octanol–water partition coefficient (Wildman–Crippen LogP) is 5.88. The molecule has 0 atom stereocenters. The third-order valence-electron chi connectivity index (χ3n) is 2.33. The summed E-state index contributed by atoms with van der Waals surface area (Å²) in [4.78, 5) is 0. The Morgan fingerprint density at radius 2 is 1.29 bits per heavy atom. The highest BCUT2D eigenvalue weighted by molar-refractivity contribution is 9.11. The van der Waals surface area contributed by atoms with Gasteiger partial charge in [0.15, 0.2) is 23.3 Å². The molecule has 0 aromatic heterocycles. The van der Waals surface area contributed by atoms with Crippen LogP contribution in [0.1, 0.15) is 0 Å². The summed E-state index contributed by atoms with van der Waals surface area (Å²) in [5.74, 6) is -4.20. The van der Waals surface area contributed by atoms with Crippen molar-refractivity contribution in [2.24, 2.45) is 10.3 Å². The van der Waals surface area contributed by atoms with E-state index < -0.39 is 23.3 Å². The Morgan fingerprint density at radius 1 is 0.762 bits per heavy atom. The zero-order valence-corrected chi connectivity index (χ0v) is 13.1. The van der Waals surface area contributed by atoms with E-state index in [1.807, 2.05) is 0 Å². The van der Waals surface area contributed by atoms with Gasteiger partial charge in [0.2, 0.25) is 0 Å². The Kier molecular flexibility index (Phi) is 4.94. The second kappa shape index (κ2) is 6.52. The van der Waals surface area contributed by atoms with Crippen molar-refractivity contribution in [1.29, 1.82) is 0 Å². The van der Waals surface area contributed by atoms with Gasteiger partial charge in [-0.05, 0) is 44.0 Å². The molecule has 0 spiro atoms. The quantitative estimate of drug-likeness (QED) is 0.283. The molecule has 110 valence electrons. The van der Waals surface area contributed by atoms with E-state index in [1.54, 1.807) is 0 Å². The van der Waals surface area contributed by atoms with E-state index >= 15 is 0 Å². The minimum absolute atomic E-state index is 0.0279. The maximum atomic E-state index is 13.1. The van der Waals surface area contributed by atoms with E-state index in [1.165, 1.54) is 0 Å². The van der Waals surface area contributed by atoms with Crippen LogP contribution in [0.15, 0.2) is 43.5 Å². The molecule has 0 saturated carbocycles. The van der Waals surface area contributed by atoms with E-state index in [9.17, 15) is 17.6 Å². The monoisotopic (exact) mass is 425 g/mol. The largest absolute Gasteiger partial charge is 0.259 e. The van der Waals surface area contributed by atoms with E-state index in [-0.39, 0.29) is 20.3 Å². The highest BCUT2D eigenvalue weighted by atomic mass is 79.9. The fourth-order valence-electron chi connectivity index (χ4n) is 1.33. The van der Waals surface area contributed by atoms with Crippen molar-refractivity contribution in [3.05, 3.63) is 56.5 Å². The van der Waals surface area contributed by atoms with Crippen LogP contribution in [-0.4, -0.2) is 0 Å². The summed E-state index contributed by atoms with van der Waals surface area (Å²) in [6.07, 6.45) is 0. The van der Waals surface area contributed by atoms with Crippen LogP contribution in [-0.2, 0) is 0 Å². The maximum absolute atomic E-state index is 13.1. The van der Waals surface area contributed by atoms with Crippen molar-refractivity contribution >= 4 is 43.2 Å². The zero-order chi connectivity index (χ0) is 15.6. The molecule has 0 saturated heterocycles. The standard InChI is InChI=1S/C12H5Br2F4N3/c13-5-1-7(15)9(17)3-11(5)19-21-20-12-4-10(18)8(16)2-6(12)14/h1-4H,(H,19,20). The molecule has 0 radical (unpaired) electrons. The number of halogens is 6. The van der Waals surface area contributed by atoms with Crippen LogP contribution in [0.4, 0.5) is 28.9 Å². The van der Waals surface area contributed by atoms with Crippen LogP contribution in [0, 0.1) is 23.3 Å². The fraction of sp³-hybridized carbons (Fsp3) is 0. The first kappa shape index (κ1) is 15.9. The Labute approximate surface area is 133 Å². The van der Waals surface area contributed by atoms with E-state index in [2.05, 4.69) is 47.6 Å². The lowest BCUT2D eigenvalue weighted by Crippen LogP contribution is -1.92. The Balaban J connectivity index is 2.20. The highest BCUT2D eigenvalue weighted by Crippen LogP contribution is 2.29. The Morgan fingerprint density at radius 3 is 1.95 bits per heavy atom. The lowest BCUT2D eigenvalue weighted by molar-refractivity contribution is 0.508. The number of nitrogens with one attached hydrogen (secondary N) is 1. The van der Waals surface area contributed by atoms with Crippen LogP contribution in [0.3, 0.4) is 0 Å². The third-order valence-corrected chi connectivity index (χ3v) is 3.62. The van der Waals surface area contributed by atoms with Gasteiger partial charge in [0, 0.05) is 21.1 Å². The van der Waals surface area contributed by atoms with Crippen molar-refractivity contribution < 1.29 is 17.6 Å². The summed E-state index contributed by atoms with van der Waals surface area (Å²) < 4.78 is 52.4. The number of rotatable bonds is 3. The van der Waals surface area contributed by atoms with Crippen molar-refractivity contribution in [2.75, 3.05) is 5.43 Å². The molecular formula is C12H5Br2F4N3. The zero-order valence-electron chi connectivity index (χ0n) is 9.97. The van der Waals surface area contributed by atoms with Crippen molar-refractivity contribution in [3.8, 4) is 0 Å². The van der Waals surface area contributed by atoms with Crippen LogP contribution in [0.25, 0.3) is 0 Å². The third kappa shape index (κ3) is 3.79. The molecule has 3 nitrogen and oxygen atoms in total. The number of benzene rings is 2.